The molecule has 0 spiro atoms. The van der Waals surface area contributed by atoms with E-state index in [-0.39, 0.29) is 10.8 Å². The van der Waals surface area contributed by atoms with Gasteiger partial charge in [-0.25, -0.2) is 0 Å². The van der Waals surface area contributed by atoms with Gasteiger partial charge in [0, 0.05) is 11.8 Å². The molecule has 2 atom stereocenters. The summed E-state index contributed by atoms with van der Waals surface area (Å²) in [6, 6.07) is 31.8. The molecule has 2 aliphatic carbocycles. The van der Waals surface area contributed by atoms with E-state index >= 15 is 0 Å². The lowest BCUT2D eigenvalue weighted by Gasteiger charge is -2.35. The monoisotopic (exact) mass is 420 g/mol. The van der Waals surface area contributed by atoms with Gasteiger partial charge in [0.05, 0.1) is 0 Å². The highest BCUT2D eigenvalue weighted by atomic mass is 14.5. The Kier molecular flexibility index (Phi) is 5.52. The molecule has 2 radical (unpaired) electrons. The van der Waals surface area contributed by atoms with Crippen molar-refractivity contribution in [2.45, 2.75) is 65.2 Å². The summed E-state index contributed by atoms with van der Waals surface area (Å²) in [6.07, 6.45) is 4.90. The first kappa shape index (κ1) is 21.5. The van der Waals surface area contributed by atoms with E-state index < -0.39 is 0 Å². The molecular weight excluding hydrogens is 384 g/mol. The zero-order valence-corrected chi connectivity index (χ0v) is 20.1. The van der Waals surface area contributed by atoms with Crippen molar-refractivity contribution in [2.24, 2.45) is 10.8 Å². The quantitative estimate of drug-likeness (QED) is 0.396. The molecule has 2 fully saturated rings. The van der Waals surface area contributed by atoms with E-state index in [1.165, 1.54) is 47.9 Å². The second-order valence-corrected chi connectivity index (χ2v) is 11.0. The SMILES string of the molecule is CC1(C)[C](c2ccccc2)CCC1c1ccc(C2CC[C](c3ccccc3)C2(C)C)cc1. The molecule has 2 unspecified atom stereocenters. The fourth-order valence-corrected chi connectivity index (χ4v) is 6.80. The van der Waals surface area contributed by atoms with Gasteiger partial charge in [0.2, 0.25) is 0 Å². The molecule has 0 aromatic heterocycles. The summed E-state index contributed by atoms with van der Waals surface area (Å²) in [5.74, 6) is 4.42. The van der Waals surface area contributed by atoms with Gasteiger partial charge in [0.15, 0.2) is 0 Å². The number of benzene rings is 3. The third-order valence-corrected chi connectivity index (χ3v) is 8.65. The molecule has 3 aromatic carbocycles. The molecule has 0 bridgehead atoms. The van der Waals surface area contributed by atoms with Crippen LogP contribution in [0.1, 0.15) is 87.5 Å². The summed E-state index contributed by atoms with van der Waals surface area (Å²) in [5.41, 5.74) is 6.26. The third kappa shape index (κ3) is 3.62. The van der Waals surface area contributed by atoms with Gasteiger partial charge in [-0.1, -0.05) is 113 Å². The van der Waals surface area contributed by atoms with Crippen LogP contribution >= 0.6 is 0 Å². The highest BCUT2D eigenvalue weighted by Gasteiger charge is 2.46. The average molecular weight is 421 g/mol. The molecule has 0 heteroatoms. The van der Waals surface area contributed by atoms with Gasteiger partial charge in [0.25, 0.3) is 0 Å². The molecule has 2 saturated carbocycles. The van der Waals surface area contributed by atoms with Crippen molar-refractivity contribution in [3.8, 4) is 0 Å². The van der Waals surface area contributed by atoms with Gasteiger partial charge in [0.1, 0.15) is 0 Å². The third-order valence-electron chi connectivity index (χ3n) is 8.65. The number of rotatable bonds is 4. The van der Waals surface area contributed by atoms with Gasteiger partial charge in [-0.15, -0.1) is 0 Å². The first-order valence-electron chi connectivity index (χ1n) is 12.3. The normalized spacial score (nSPS) is 25.2. The summed E-state index contributed by atoms with van der Waals surface area (Å²) in [4.78, 5) is 0. The second-order valence-electron chi connectivity index (χ2n) is 11.0. The van der Waals surface area contributed by atoms with Gasteiger partial charge in [-0.2, -0.15) is 0 Å². The number of hydrogen-bond donors (Lipinski definition) is 0. The van der Waals surface area contributed by atoms with E-state index in [0.29, 0.717) is 11.8 Å². The van der Waals surface area contributed by atoms with Crippen molar-refractivity contribution in [1.82, 2.24) is 0 Å². The van der Waals surface area contributed by atoms with Crippen LogP contribution in [0.2, 0.25) is 0 Å². The van der Waals surface area contributed by atoms with E-state index in [9.17, 15) is 0 Å². The van der Waals surface area contributed by atoms with E-state index in [0.717, 1.165) is 0 Å². The Morgan fingerprint density at radius 1 is 0.500 bits per heavy atom. The Bertz CT molecular complexity index is 940. The fraction of sp³-hybridized carbons (Fsp3) is 0.375. The standard InChI is InChI=1S/C32H36/c1-31(2)27(23-11-7-5-8-12-23)19-21-29(31)25-15-17-26(18-16-25)30-22-20-28(32(30,3)4)24-13-9-6-10-14-24/h5-18,29-30H,19-22H2,1-4H3. The molecule has 0 heterocycles. The Morgan fingerprint density at radius 2 is 0.844 bits per heavy atom. The number of hydrogen-bond acceptors (Lipinski definition) is 0. The van der Waals surface area contributed by atoms with Crippen LogP contribution in [0.15, 0.2) is 84.9 Å². The van der Waals surface area contributed by atoms with Gasteiger partial charge in [-0.05, 0) is 70.6 Å². The maximum atomic E-state index is 2.45. The predicted molar refractivity (Wildman–Crippen MR) is 136 cm³/mol. The molecule has 164 valence electrons. The second kappa shape index (κ2) is 8.22. The molecule has 0 N–H and O–H groups in total. The first-order valence-corrected chi connectivity index (χ1v) is 12.3. The minimum atomic E-state index is 0.198. The molecule has 0 aliphatic heterocycles. The summed E-state index contributed by atoms with van der Waals surface area (Å²) >= 11 is 0. The van der Waals surface area contributed by atoms with Gasteiger partial charge in [-0.3, -0.25) is 0 Å². The molecule has 3 aromatic rings. The van der Waals surface area contributed by atoms with E-state index in [1.807, 2.05) is 0 Å². The zero-order valence-electron chi connectivity index (χ0n) is 20.1. The van der Waals surface area contributed by atoms with E-state index in [1.54, 1.807) is 11.8 Å². The van der Waals surface area contributed by atoms with Crippen LogP contribution in [0.4, 0.5) is 0 Å². The summed E-state index contributed by atoms with van der Waals surface area (Å²) in [5, 5.41) is 0. The van der Waals surface area contributed by atoms with Crippen LogP contribution in [-0.2, 0) is 0 Å². The van der Waals surface area contributed by atoms with Crippen LogP contribution < -0.4 is 0 Å². The van der Waals surface area contributed by atoms with Crippen molar-refractivity contribution in [3.63, 3.8) is 0 Å². The largest absolute Gasteiger partial charge is 0.0622 e. The van der Waals surface area contributed by atoms with Crippen LogP contribution in [-0.4, -0.2) is 0 Å². The van der Waals surface area contributed by atoms with Crippen molar-refractivity contribution in [1.29, 1.82) is 0 Å². The molecule has 0 saturated heterocycles. The zero-order chi connectivity index (χ0) is 22.3. The lowest BCUT2D eigenvalue weighted by Crippen LogP contribution is -2.24. The Morgan fingerprint density at radius 3 is 1.19 bits per heavy atom. The minimum Gasteiger partial charge on any atom is -0.0622 e. The molecule has 5 rings (SSSR count). The fourth-order valence-electron chi connectivity index (χ4n) is 6.80. The van der Waals surface area contributed by atoms with Crippen LogP contribution in [0, 0.1) is 22.7 Å². The summed E-state index contributed by atoms with van der Waals surface area (Å²) < 4.78 is 0. The van der Waals surface area contributed by atoms with E-state index in [4.69, 9.17) is 0 Å². The Labute approximate surface area is 195 Å². The van der Waals surface area contributed by atoms with Crippen molar-refractivity contribution < 1.29 is 0 Å². The summed E-state index contributed by atoms with van der Waals surface area (Å²) in [7, 11) is 0. The topological polar surface area (TPSA) is 0 Å². The lowest BCUT2D eigenvalue weighted by molar-refractivity contribution is 0.363. The lowest BCUT2D eigenvalue weighted by atomic mass is 9.69. The smallest absolute Gasteiger partial charge is 0.0112 e. The van der Waals surface area contributed by atoms with Crippen LogP contribution in [0.25, 0.3) is 0 Å². The molecule has 2 aliphatic rings. The van der Waals surface area contributed by atoms with Gasteiger partial charge < -0.3 is 0 Å². The maximum Gasteiger partial charge on any atom is 0.0112 e. The van der Waals surface area contributed by atoms with Crippen molar-refractivity contribution in [2.75, 3.05) is 0 Å². The van der Waals surface area contributed by atoms with Crippen molar-refractivity contribution in [3.05, 3.63) is 119 Å². The molecule has 32 heavy (non-hydrogen) atoms. The molecule has 0 amide bonds. The van der Waals surface area contributed by atoms with Gasteiger partial charge >= 0.3 is 0 Å². The maximum absolute atomic E-state index is 2.45. The van der Waals surface area contributed by atoms with Crippen molar-refractivity contribution >= 4 is 0 Å². The molecule has 0 nitrogen and oxygen atoms in total. The molecular formula is C32H36. The van der Waals surface area contributed by atoms with E-state index in [2.05, 4.69) is 113 Å². The average Bonchev–Trinajstić information content (AvgIpc) is 3.29. The van der Waals surface area contributed by atoms with Crippen LogP contribution in [0.3, 0.4) is 0 Å². The first-order chi connectivity index (χ1) is 15.4. The summed E-state index contributed by atoms with van der Waals surface area (Å²) in [6.45, 7) is 9.79. The Hall–Kier alpha value is -2.34. The van der Waals surface area contributed by atoms with Crippen LogP contribution in [0.5, 0.6) is 0 Å². The minimum absolute atomic E-state index is 0.198. The Balaban J connectivity index is 1.36. The highest BCUT2D eigenvalue weighted by molar-refractivity contribution is 5.44. The highest BCUT2D eigenvalue weighted by Crippen LogP contribution is 2.58. The predicted octanol–water partition coefficient (Wildman–Crippen LogP) is 8.74.